The Morgan fingerprint density at radius 1 is 1.62 bits per heavy atom. The summed E-state index contributed by atoms with van der Waals surface area (Å²) in [5, 5.41) is 3.09. The Bertz CT molecular complexity index is 643. The molecule has 114 valence electrons. The van der Waals surface area contributed by atoms with E-state index in [2.05, 4.69) is 16.9 Å². The van der Waals surface area contributed by atoms with E-state index in [0.29, 0.717) is 18.7 Å². The van der Waals surface area contributed by atoms with Crippen LogP contribution in [0.3, 0.4) is 0 Å². The van der Waals surface area contributed by atoms with Gasteiger partial charge in [0.05, 0.1) is 11.5 Å². The van der Waals surface area contributed by atoms with Gasteiger partial charge in [-0.3, -0.25) is 9.78 Å². The quantitative estimate of drug-likeness (QED) is 0.819. The van der Waals surface area contributed by atoms with Gasteiger partial charge in [-0.15, -0.1) is 6.58 Å². The Labute approximate surface area is 124 Å². The minimum atomic E-state index is -3.01. The molecule has 1 saturated heterocycles. The van der Waals surface area contributed by atoms with Gasteiger partial charge in [0.15, 0.2) is 9.84 Å². The van der Waals surface area contributed by atoms with Crippen LogP contribution in [0.2, 0.25) is 0 Å². The first-order chi connectivity index (χ1) is 9.93. The highest BCUT2D eigenvalue weighted by Crippen LogP contribution is 2.18. The van der Waals surface area contributed by atoms with Gasteiger partial charge in [0.2, 0.25) is 0 Å². The number of amides is 1. The number of carbonyl (C=O) groups is 1. The predicted octanol–water partition coefficient (Wildman–Crippen LogP) is 0.939. The average molecular weight is 309 g/mol. The molecular formula is C14H19N3O3S. The lowest BCUT2D eigenvalue weighted by molar-refractivity contribution is 0.0742. The van der Waals surface area contributed by atoms with E-state index in [0.717, 1.165) is 5.69 Å². The van der Waals surface area contributed by atoms with E-state index in [-0.39, 0.29) is 23.5 Å². The summed E-state index contributed by atoms with van der Waals surface area (Å²) < 4.78 is 23.0. The number of nitrogens with zero attached hydrogens (tertiary/aromatic N) is 2. The van der Waals surface area contributed by atoms with Gasteiger partial charge in [-0.25, -0.2) is 8.42 Å². The fourth-order valence-electron chi connectivity index (χ4n) is 2.27. The number of anilines is 1. The average Bonchev–Trinajstić information content (AvgIpc) is 2.84. The first kappa shape index (κ1) is 15.5. The molecule has 1 amide bonds. The highest BCUT2D eigenvalue weighted by atomic mass is 32.2. The highest BCUT2D eigenvalue weighted by Gasteiger charge is 2.33. The Morgan fingerprint density at radius 3 is 3.00 bits per heavy atom. The van der Waals surface area contributed by atoms with Crippen molar-refractivity contribution < 1.29 is 13.2 Å². The van der Waals surface area contributed by atoms with Gasteiger partial charge in [-0.2, -0.15) is 0 Å². The number of nitrogens with one attached hydrogen (secondary N) is 1. The van der Waals surface area contributed by atoms with E-state index in [1.54, 1.807) is 31.5 Å². The first-order valence-corrected chi connectivity index (χ1v) is 8.53. The molecule has 0 saturated carbocycles. The van der Waals surface area contributed by atoms with Gasteiger partial charge >= 0.3 is 0 Å². The van der Waals surface area contributed by atoms with Gasteiger partial charge in [0.1, 0.15) is 5.69 Å². The molecule has 1 aliphatic heterocycles. The van der Waals surface area contributed by atoms with Crippen molar-refractivity contribution in [3.63, 3.8) is 0 Å². The highest BCUT2D eigenvalue weighted by molar-refractivity contribution is 7.91. The molecule has 1 aromatic rings. The lowest BCUT2D eigenvalue weighted by Crippen LogP contribution is -2.38. The normalized spacial score (nSPS) is 20.0. The molecule has 2 rings (SSSR count). The number of sulfone groups is 1. The molecule has 1 atom stereocenters. The zero-order valence-electron chi connectivity index (χ0n) is 11.9. The van der Waals surface area contributed by atoms with E-state index in [9.17, 15) is 13.2 Å². The molecule has 2 heterocycles. The maximum Gasteiger partial charge on any atom is 0.272 e. The molecule has 7 heteroatoms. The second kappa shape index (κ2) is 6.26. The maximum atomic E-state index is 12.4. The molecule has 0 bridgehead atoms. The molecular weight excluding hydrogens is 290 g/mol. The van der Waals surface area contributed by atoms with Crippen molar-refractivity contribution in [1.29, 1.82) is 0 Å². The maximum absolute atomic E-state index is 12.4. The van der Waals surface area contributed by atoms with Crippen LogP contribution in [0.4, 0.5) is 5.69 Å². The van der Waals surface area contributed by atoms with E-state index < -0.39 is 9.84 Å². The van der Waals surface area contributed by atoms with E-state index in [1.807, 2.05) is 0 Å². The van der Waals surface area contributed by atoms with E-state index >= 15 is 0 Å². The van der Waals surface area contributed by atoms with Gasteiger partial charge in [0.25, 0.3) is 5.91 Å². The number of rotatable bonds is 5. The van der Waals surface area contributed by atoms with Crippen LogP contribution in [0.5, 0.6) is 0 Å². The Morgan fingerprint density at radius 2 is 2.38 bits per heavy atom. The van der Waals surface area contributed by atoms with Crippen LogP contribution in [0.15, 0.2) is 31.0 Å². The minimum absolute atomic E-state index is 0.0314. The molecule has 1 unspecified atom stereocenters. The van der Waals surface area contributed by atoms with Crippen LogP contribution >= 0.6 is 0 Å². The number of carbonyl (C=O) groups excluding carboxylic acids is 1. The monoisotopic (exact) mass is 309 g/mol. The SMILES string of the molecule is C=CCNc1ccnc(C(=O)N(C)C2CCS(=O)(=O)C2)c1. The summed E-state index contributed by atoms with van der Waals surface area (Å²) in [7, 11) is -1.39. The number of hydrogen-bond donors (Lipinski definition) is 1. The fourth-order valence-corrected chi connectivity index (χ4v) is 4.05. The van der Waals surface area contributed by atoms with Crippen LogP contribution in [-0.2, 0) is 9.84 Å². The van der Waals surface area contributed by atoms with E-state index in [4.69, 9.17) is 0 Å². The number of aromatic nitrogens is 1. The summed E-state index contributed by atoms with van der Waals surface area (Å²) in [5.74, 6) is -0.0906. The van der Waals surface area contributed by atoms with Gasteiger partial charge in [0, 0.05) is 31.5 Å². The third-order valence-corrected chi connectivity index (χ3v) is 5.26. The minimum Gasteiger partial charge on any atom is -0.381 e. The lowest BCUT2D eigenvalue weighted by atomic mass is 10.2. The van der Waals surface area contributed by atoms with Crippen molar-refractivity contribution in [3.8, 4) is 0 Å². The van der Waals surface area contributed by atoms with E-state index in [1.165, 1.54) is 4.90 Å². The Kier molecular flexibility index (Phi) is 4.62. The first-order valence-electron chi connectivity index (χ1n) is 6.71. The van der Waals surface area contributed by atoms with Crippen molar-refractivity contribution in [1.82, 2.24) is 9.88 Å². The Balaban J connectivity index is 2.10. The second-order valence-electron chi connectivity index (χ2n) is 5.07. The van der Waals surface area contributed by atoms with Crippen LogP contribution in [0.25, 0.3) is 0 Å². The topological polar surface area (TPSA) is 79.4 Å². The summed E-state index contributed by atoms with van der Waals surface area (Å²) in [5.41, 5.74) is 1.08. The molecule has 0 radical (unpaired) electrons. The third-order valence-electron chi connectivity index (χ3n) is 3.51. The van der Waals surface area contributed by atoms with Gasteiger partial charge in [-0.05, 0) is 18.6 Å². The largest absolute Gasteiger partial charge is 0.381 e. The fraction of sp³-hybridized carbons (Fsp3) is 0.429. The number of hydrogen-bond acceptors (Lipinski definition) is 5. The molecule has 6 nitrogen and oxygen atoms in total. The van der Waals surface area contributed by atoms with Crippen LogP contribution in [0, 0.1) is 0 Å². The second-order valence-corrected chi connectivity index (χ2v) is 7.30. The van der Waals surface area contributed by atoms with Crippen molar-refractivity contribution in [2.75, 3.05) is 30.4 Å². The molecule has 1 aromatic heterocycles. The molecule has 0 aromatic carbocycles. The molecule has 0 aliphatic carbocycles. The van der Waals surface area contributed by atoms with Crippen LogP contribution in [0.1, 0.15) is 16.9 Å². The molecule has 0 spiro atoms. The standard InChI is InChI=1S/C14H19N3O3S/c1-3-6-15-11-4-7-16-13(9-11)14(18)17(2)12-5-8-21(19,20)10-12/h3-4,7,9,12H,1,5-6,8,10H2,2H3,(H,15,16). The summed E-state index contributed by atoms with van der Waals surface area (Å²) in [6.45, 7) is 4.21. The smallest absolute Gasteiger partial charge is 0.272 e. The summed E-state index contributed by atoms with van der Waals surface area (Å²) in [6.07, 6.45) is 3.76. The molecule has 21 heavy (non-hydrogen) atoms. The van der Waals surface area contributed by atoms with Gasteiger partial charge < -0.3 is 10.2 Å². The summed E-state index contributed by atoms with van der Waals surface area (Å²) in [6, 6.07) is 3.15. The van der Waals surface area contributed by atoms with Crippen molar-refractivity contribution in [3.05, 3.63) is 36.7 Å². The van der Waals surface area contributed by atoms with Crippen molar-refractivity contribution in [2.45, 2.75) is 12.5 Å². The zero-order valence-corrected chi connectivity index (χ0v) is 12.8. The summed E-state index contributed by atoms with van der Waals surface area (Å²) >= 11 is 0. The molecule has 1 fully saturated rings. The van der Waals surface area contributed by atoms with Gasteiger partial charge in [-0.1, -0.05) is 6.08 Å². The zero-order chi connectivity index (χ0) is 15.5. The lowest BCUT2D eigenvalue weighted by Gasteiger charge is -2.23. The summed E-state index contributed by atoms with van der Waals surface area (Å²) in [4.78, 5) is 17.9. The number of pyridine rings is 1. The van der Waals surface area contributed by atoms with Crippen molar-refractivity contribution in [2.24, 2.45) is 0 Å². The Hall–Kier alpha value is -1.89. The molecule has 1 N–H and O–H groups in total. The molecule has 1 aliphatic rings. The predicted molar refractivity (Wildman–Crippen MR) is 82.1 cm³/mol. The third kappa shape index (κ3) is 3.81. The van der Waals surface area contributed by atoms with Crippen molar-refractivity contribution >= 4 is 21.4 Å². The van der Waals surface area contributed by atoms with Crippen LogP contribution < -0.4 is 5.32 Å². The van der Waals surface area contributed by atoms with Crippen LogP contribution in [-0.4, -0.2) is 55.3 Å².